The summed E-state index contributed by atoms with van der Waals surface area (Å²) in [5, 5.41) is 3.81. The molecule has 0 aliphatic heterocycles. The Morgan fingerprint density at radius 1 is 0.929 bits per heavy atom. The largest absolute Gasteiger partial charge is 0.308 e. The van der Waals surface area contributed by atoms with Gasteiger partial charge in [0.05, 0.1) is 0 Å². The van der Waals surface area contributed by atoms with Crippen LogP contribution in [0.3, 0.4) is 0 Å². The molecule has 1 N–H and O–H groups in total. The predicted molar refractivity (Wildman–Crippen MR) is 61.4 cm³/mol. The molecule has 80 valence electrons. The summed E-state index contributed by atoms with van der Waals surface area (Å²) in [6.07, 6.45) is 12.4. The average Bonchev–Trinajstić information content (AvgIpc) is 2.23. The van der Waals surface area contributed by atoms with Crippen LogP contribution in [-0.2, 0) is 0 Å². The molecule has 2 rings (SSSR count). The van der Waals surface area contributed by atoms with E-state index in [2.05, 4.69) is 11.9 Å². The van der Waals surface area contributed by atoms with Gasteiger partial charge in [0, 0.05) is 12.1 Å². The van der Waals surface area contributed by atoms with Crippen LogP contribution in [0.2, 0.25) is 0 Å². The molecule has 1 atom stereocenters. The Bertz CT molecular complexity index is 191. The van der Waals surface area contributed by atoms with Crippen molar-refractivity contribution in [2.24, 2.45) is 0 Å². The zero-order valence-electron chi connectivity index (χ0n) is 9.23. The van der Waals surface area contributed by atoms with Gasteiger partial charge in [0.25, 0.3) is 0 Å². The van der Waals surface area contributed by atoms with Gasteiger partial charge in [0.2, 0.25) is 0 Å². The zero-order chi connectivity index (χ0) is 9.80. The molecule has 14 heavy (non-hydrogen) atoms. The van der Waals surface area contributed by atoms with Crippen LogP contribution in [0, 0.1) is 0 Å². The van der Waals surface area contributed by atoms with Crippen molar-refractivity contribution in [2.45, 2.75) is 69.9 Å². The first-order valence-corrected chi connectivity index (χ1v) is 6.30. The maximum absolute atomic E-state index is 4.20. The first-order valence-electron chi connectivity index (χ1n) is 6.30. The standard InChI is InChI=1S/C13H23N/c1-11-7-5-6-10-13(11)14-12-8-3-2-4-9-12/h12-14H,1-10H2. The third-order valence-electron chi connectivity index (χ3n) is 3.78. The molecule has 1 unspecified atom stereocenters. The van der Waals surface area contributed by atoms with E-state index in [0.717, 1.165) is 6.04 Å². The van der Waals surface area contributed by atoms with Crippen molar-refractivity contribution in [1.82, 2.24) is 5.32 Å². The third kappa shape index (κ3) is 2.60. The quantitative estimate of drug-likeness (QED) is 0.663. The predicted octanol–water partition coefficient (Wildman–Crippen LogP) is 3.41. The molecule has 0 spiro atoms. The van der Waals surface area contributed by atoms with E-state index >= 15 is 0 Å². The Hall–Kier alpha value is -0.300. The lowest BCUT2D eigenvalue weighted by atomic mass is 9.88. The molecule has 0 heterocycles. The second-order valence-corrected chi connectivity index (χ2v) is 4.96. The van der Waals surface area contributed by atoms with Crippen molar-refractivity contribution < 1.29 is 0 Å². The summed E-state index contributed by atoms with van der Waals surface area (Å²) in [7, 11) is 0. The van der Waals surface area contributed by atoms with Crippen LogP contribution in [0.5, 0.6) is 0 Å². The number of hydrogen-bond acceptors (Lipinski definition) is 1. The van der Waals surface area contributed by atoms with E-state index in [-0.39, 0.29) is 0 Å². The first kappa shape index (κ1) is 10.2. The lowest BCUT2D eigenvalue weighted by Crippen LogP contribution is -2.41. The molecule has 1 nitrogen and oxygen atoms in total. The van der Waals surface area contributed by atoms with Crippen LogP contribution < -0.4 is 5.32 Å². The molecule has 0 aromatic carbocycles. The number of hydrogen-bond donors (Lipinski definition) is 1. The highest BCUT2D eigenvalue weighted by molar-refractivity contribution is 5.08. The molecule has 2 fully saturated rings. The Morgan fingerprint density at radius 2 is 1.64 bits per heavy atom. The average molecular weight is 193 g/mol. The minimum atomic E-state index is 0.645. The van der Waals surface area contributed by atoms with Crippen molar-refractivity contribution in [3.63, 3.8) is 0 Å². The van der Waals surface area contributed by atoms with E-state index in [1.807, 2.05) is 0 Å². The Morgan fingerprint density at radius 3 is 2.36 bits per heavy atom. The second kappa shape index (κ2) is 4.97. The molecule has 1 heteroatoms. The SMILES string of the molecule is C=C1CCCCC1NC1CCCCC1. The van der Waals surface area contributed by atoms with Crippen LogP contribution in [0.4, 0.5) is 0 Å². The number of nitrogens with one attached hydrogen (secondary N) is 1. The third-order valence-corrected chi connectivity index (χ3v) is 3.78. The molecule has 0 amide bonds. The highest BCUT2D eigenvalue weighted by atomic mass is 15.0. The second-order valence-electron chi connectivity index (χ2n) is 4.96. The summed E-state index contributed by atoms with van der Waals surface area (Å²) < 4.78 is 0. The molecule has 0 saturated heterocycles. The van der Waals surface area contributed by atoms with Crippen molar-refractivity contribution in [1.29, 1.82) is 0 Å². The fourth-order valence-corrected chi connectivity index (χ4v) is 2.83. The smallest absolute Gasteiger partial charge is 0.0279 e. The fraction of sp³-hybridized carbons (Fsp3) is 0.846. The van der Waals surface area contributed by atoms with Gasteiger partial charge < -0.3 is 5.32 Å². The summed E-state index contributed by atoms with van der Waals surface area (Å²) in [5.41, 5.74) is 1.46. The van der Waals surface area contributed by atoms with Crippen LogP contribution in [-0.4, -0.2) is 12.1 Å². The molecule has 2 aliphatic rings. The fourth-order valence-electron chi connectivity index (χ4n) is 2.83. The monoisotopic (exact) mass is 193 g/mol. The van der Waals surface area contributed by atoms with Gasteiger partial charge in [-0.2, -0.15) is 0 Å². The van der Waals surface area contributed by atoms with Crippen LogP contribution in [0.25, 0.3) is 0 Å². The Kier molecular flexibility index (Phi) is 3.63. The highest BCUT2D eigenvalue weighted by Gasteiger charge is 2.21. The van der Waals surface area contributed by atoms with Gasteiger partial charge in [-0.05, 0) is 32.1 Å². The normalized spacial score (nSPS) is 30.6. The van der Waals surface area contributed by atoms with Crippen LogP contribution in [0.1, 0.15) is 57.8 Å². The highest BCUT2D eigenvalue weighted by Crippen LogP contribution is 2.25. The molecule has 2 aliphatic carbocycles. The van der Waals surface area contributed by atoms with E-state index in [4.69, 9.17) is 0 Å². The van der Waals surface area contributed by atoms with Gasteiger partial charge >= 0.3 is 0 Å². The van der Waals surface area contributed by atoms with E-state index in [0.29, 0.717) is 6.04 Å². The van der Waals surface area contributed by atoms with Gasteiger partial charge in [-0.3, -0.25) is 0 Å². The lowest BCUT2D eigenvalue weighted by molar-refractivity contribution is 0.327. The molecule has 0 bridgehead atoms. The Labute approximate surface area is 88.0 Å². The lowest BCUT2D eigenvalue weighted by Gasteiger charge is -2.32. The molecule has 0 aromatic rings. The topological polar surface area (TPSA) is 12.0 Å². The van der Waals surface area contributed by atoms with Crippen molar-refractivity contribution in [3.05, 3.63) is 12.2 Å². The van der Waals surface area contributed by atoms with Crippen molar-refractivity contribution in [2.75, 3.05) is 0 Å². The molecule has 0 aromatic heterocycles. The van der Waals surface area contributed by atoms with E-state index in [1.54, 1.807) is 0 Å². The van der Waals surface area contributed by atoms with Gasteiger partial charge in [-0.1, -0.05) is 37.8 Å². The van der Waals surface area contributed by atoms with Gasteiger partial charge in [0.15, 0.2) is 0 Å². The van der Waals surface area contributed by atoms with E-state index in [9.17, 15) is 0 Å². The van der Waals surface area contributed by atoms with Gasteiger partial charge in [-0.15, -0.1) is 0 Å². The molecule has 2 saturated carbocycles. The van der Waals surface area contributed by atoms with Crippen molar-refractivity contribution >= 4 is 0 Å². The Balaban J connectivity index is 1.79. The summed E-state index contributed by atoms with van der Waals surface area (Å²) in [6, 6.07) is 1.44. The summed E-state index contributed by atoms with van der Waals surface area (Å²) in [4.78, 5) is 0. The minimum Gasteiger partial charge on any atom is -0.308 e. The van der Waals surface area contributed by atoms with Gasteiger partial charge in [0.1, 0.15) is 0 Å². The maximum atomic E-state index is 4.20. The summed E-state index contributed by atoms with van der Waals surface area (Å²) >= 11 is 0. The van der Waals surface area contributed by atoms with Crippen molar-refractivity contribution in [3.8, 4) is 0 Å². The van der Waals surface area contributed by atoms with Crippen LogP contribution >= 0.6 is 0 Å². The van der Waals surface area contributed by atoms with E-state index in [1.165, 1.54) is 63.4 Å². The van der Waals surface area contributed by atoms with Gasteiger partial charge in [-0.25, -0.2) is 0 Å². The summed E-state index contributed by atoms with van der Waals surface area (Å²) in [6.45, 7) is 4.20. The molecular weight excluding hydrogens is 170 g/mol. The maximum Gasteiger partial charge on any atom is 0.0279 e. The first-order chi connectivity index (χ1) is 6.86. The summed E-state index contributed by atoms with van der Waals surface area (Å²) in [5.74, 6) is 0. The minimum absolute atomic E-state index is 0.645. The zero-order valence-corrected chi connectivity index (χ0v) is 9.23. The van der Waals surface area contributed by atoms with E-state index < -0.39 is 0 Å². The number of rotatable bonds is 2. The molecule has 0 radical (unpaired) electrons. The van der Waals surface area contributed by atoms with Crippen LogP contribution in [0.15, 0.2) is 12.2 Å². The molecular formula is C13H23N.